The Morgan fingerprint density at radius 1 is 0.931 bits per heavy atom. The molecule has 0 bridgehead atoms. The maximum atomic E-state index is 6.07. The van der Waals surface area contributed by atoms with Crippen molar-refractivity contribution in [1.29, 1.82) is 0 Å². The minimum atomic E-state index is 0.658. The highest BCUT2D eigenvalue weighted by molar-refractivity contribution is 6.17. The summed E-state index contributed by atoms with van der Waals surface area (Å²) in [7, 11) is 0. The largest absolute Gasteiger partial charge is 0.492 e. The number of piperidine rings is 1. The van der Waals surface area contributed by atoms with Crippen molar-refractivity contribution in [3.63, 3.8) is 0 Å². The summed E-state index contributed by atoms with van der Waals surface area (Å²) in [6.45, 7) is 5.53. The monoisotopic (exact) mass is 386 g/mol. The molecular weight excluding hydrogens is 360 g/mol. The Hall–Kier alpha value is -2.79. The van der Waals surface area contributed by atoms with E-state index in [-0.39, 0.29) is 0 Å². The van der Waals surface area contributed by atoms with Crippen LogP contribution < -0.4 is 4.74 Å². The van der Waals surface area contributed by atoms with Crippen LogP contribution in [0.4, 0.5) is 0 Å². The SMILES string of the molecule is C1=NCC(c2ccc3c(c2)C(c2cccc(OCCN4CCCCC4)c2)=NC3)=N1. The van der Waals surface area contributed by atoms with Crippen LogP contribution in [0.2, 0.25) is 0 Å². The van der Waals surface area contributed by atoms with Gasteiger partial charge in [0.1, 0.15) is 18.7 Å². The van der Waals surface area contributed by atoms with Crippen molar-refractivity contribution in [1.82, 2.24) is 4.90 Å². The van der Waals surface area contributed by atoms with Gasteiger partial charge in [-0.1, -0.05) is 30.7 Å². The fourth-order valence-corrected chi connectivity index (χ4v) is 4.26. The maximum absolute atomic E-state index is 6.07. The number of fused-ring (bicyclic) bond motifs is 1. The molecule has 0 amide bonds. The van der Waals surface area contributed by atoms with E-state index in [2.05, 4.69) is 51.3 Å². The van der Waals surface area contributed by atoms with E-state index < -0.39 is 0 Å². The van der Waals surface area contributed by atoms with Crippen LogP contribution in [0, 0.1) is 0 Å². The van der Waals surface area contributed by atoms with E-state index in [0.29, 0.717) is 6.54 Å². The summed E-state index contributed by atoms with van der Waals surface area (Å²) >= 11 is 0. The van der Waals surface area contributed by atoms with Crippen molar-refractivity contribution in [2.75, 3.05) is 32.8 Å². The Kier molecular flexibility index (Phi) is 5.22. The molecular formula is C24H26N4O. The standard InChI is InChI=1S/C24H26N4O/c1-2-9-28(10-3-1)11-12-29-21-6-4-5-19(13-21)24-22-14-18(23-16-25-17-27-23)7-8-20(22)15-26-24/h4-8,13-14,17H,1-3,9-12,15-16H2. The van der Waals surface area contributed by atoms with Gasteiger partial charge < -0.3 is 4.74 Å². The molecule has 1 saturated heterocycles. The molecule has 0 N–H and O–H groups in total. The van der Waals surface area contributed by atoms with Crippen LogP contribution in [0.25, 0.3) is 0 Å². The average Bonchev–Trinajstić information content (AvgIpc) is 3.44. The zero-order chi connectivity index (χ0) is 19.5. The van der Waals surface area contributed by atoms with Gasteiger partial charge in [0.05, 0.1) is 24.5 Å². The van der Waals surface area contributed by atoms with E-state index >= 15 is 0 Å². The molecule has 3 aliphatic heterocycles. The third kappa shape index (κ3) is 4.01. The number of hydrogen-bond acceptors (Lipinski definition) is 5. The molecule has 0 aromatic heterocycles. The molecule has 3 aliphatic rings. The average molecular weight is 386 g/mol. The normalized spacial score (nSPS) is 18.5. The minimum Gasteiger partial charge on any atom is -0.492 e. The van der Waals surface area contributed by atoms with Gasteiger partial charge in [0.2, 0.25) is 0 Å². The van der Waals surface area contributed by atoms with E-state index in [9.17, 15) is 0 Å². The first-order valence-corrected chi connectivity index (χ1v) is 10.6. The van der Waals surface area contributed by atoms with Gasteiger partial charge >= 0.3 is 0 Å². The molecule has 3 heterocycles. The quantitative estimate of drug-likeness (QED) is 0.759. The van der Waals surface area contributed by atoms with Crippen LogP contribution >= 0.6 is 0 Å². The zero-order valence-electron chi connectivity index (χ0n) is 16.7. The van der Waals surface area contributed by atoms with E-state index in [1.807, 2.05) is 6.07 Å². The Morgan fingerprint density at radius 2 is 1.86 bits per heavy atom. The van der Waals surface area contributed by atoms with E-state index in [1.165, 1.54) is 43.5 Å². The van der Waals surface area contributed by atoms with E-state index in [1.54, 1.807) is 6.34 Å². The minimum absolute atomic E-state index is 0.658. The lowest BCUT2D eigenvalue weighted by molar-refractivity contribution is 0.183. The highest BCUT2D eigenvalue weighted by Gasteiger charge is 2.20. The molecule has 29 heavy (non-hydrogen) atoms. The molecule has 0 saturated carbocycles. The van der Waals surface area contributed by atoms with E-state index in [0.717, 1.165) is 48.0 Å². The zero-order valence-corrected chi connectivity index (χ0v) is 16.7. The first kappa shape index (κ1) is 18.3. The summed E-state index contributed by atoms with van der Waals surface area (Å²) in [5.41, 5.74) is 6.77. The second kappa shape index (κ2) is 8.29. The van der Waals surface area contributed by atoms with Gasteiger partial charge in [-0.25, -0.2) is 4.99 Å². The van der Waals surface area contributed by atoms with Gasteiger partial charge in [0.15, 0.2) is 0 Å². The van der Waals surface area contributed by atoms with Crippen LogP contribution in [0.1, 0.15) is 41.5 Å². The van der Waals surface area contributed by atoms with Crippen molar-refractivity contribution in [2.24, 2.45) is 15.0 Å². The lowest BCUT2D eigenvalue weighted by atomic mass is 9.96. The molecule has 5 rings (SSSR count). The Balaban J connectivity index is 1.30. The summed E-state index contributed by atoms with van der Waals surface area (Å²) < 4.78 is 6.07. The fourth-order valence-electron chi connectivity index (χ4n) is 4.26. The molecule has 2 aromatic rings. The third-order valence-corrected chi connectivity index (χ3v) is 5.87. The second-order valence-corrected chi connectivity index (χ2v) is 7.85. The highest BCUT2D eigenvalue weighted by Crippen LogP contribution is 2.26. The van der Waals surface area contributed by atoms with Crippen LogP contribution in [0.15, 0.2) is 57.4 Å². The number of rotatable bonds is 6. The molecule has 5 nitrogen and oxygen atoms in total. The van der Waals surface area contributed by atoms with Gasteiger partial charge in [-0.15, -0.1) is 0 Å². The molecule has 2 aromatic carbocycles. The van der Waals surface area contributed by atoms with Gasteiger partial charge in [-0.05, 0) is 55.3 Å². The topological polar surface area (TPSA) is 49.5 Å². The number of aliphatic imine (C=N–C) groups is 3. The maximum Gasteiger partial charge on any atom is 0.120 e. The highest BCUT2D eigenvalue weighted by atomic mass is 16.5. The summed E-state index contributed by atoms with van der Waals surface area (Å²) in [5, 5.41) is 0. The van der Waals surface area contributed by atoms with Gasteiger partial charge in [0.25, 0.3) is 0 Å². The van der Waals surface area contributed by atoms with Crippen LogP contribution in [-0.2, 0) is 6.54 Å². The second-order valence-electron chi connectivity index (χ2n) is 7.85. The molecule has 0 unspecified atom stereocenters. The van der Waals surface area contributed by atoms with Crippen LogP contribution in [0.5, 0.6) is 5.75 Å². The van der Waals surface area contributed by atoms with Gasteiger partial charge in [-0.3, -0.25) is 14.9 Å². The summed E-state index contributed by atoms with van der Waals surface area (Å²) in [5.74, 6) is 0.917. The predicted octanol–water partition coefficient (Wildman–Crippen LogP) is 3.73. The van der Waals surface area contributed by atoms with Gasteiger partial charge in [-0.2, -0.15) is 0 Å². The first-order valence-electron chi connectivity index (χ1n) is 10.6. The Labute approximate surface area is 171 Å². The van der Waals surface area contributed by atoms with Crippen LogP contribution in [-0.4, -0.2) is 55.4 Å². The summed E-state index contributed by atoms with van der Waals surface area (Å²) in [4.78, 5) is 15.9. The number of benzene rings is 2. The lowest BCUT2D eigenvalue weighted by Crippen LogP contribution is -2.33. The summed E-state index contributed by atoms with van der Waals surface area (Å²) in [6.07, 6.45) is 5.64. The number of likely N-dealkylation sites (tertiary alicyclic amines) is 1. The third-order valence-electron chi connectivity index (χ3n) is 5.87. The summed E-state index contributed by atoms with van der Waals surface area (Å²) in [6, 6.07) is 14.8. The van der Waals surface area contributed by atoms with Crippen molar-refractivity contribution < 1.29 is 4.74 Å². The van der Waals surface area contributed by atoms with Crippen molar-refractivity contribution in [3.05, 3.63) is 64.7 Å². The molecule has 0 atom stereocenters. The molecule has 5 heteroatoms. The molecule has 0 spiro atoms. The smallest absolute Gasteiger partial charge is 0.120 e. The molecule has 0 radical (unpaired) electrons. The Bertz CT molecular complexity index is 986. The van der Waals surface area contributed by atoms with Crippen molar-refractivity contribution in [2.45, 2.75) is 25.8 Å². The molecule has 148 valence electrons. The lowest BCUT2D eigenvalue weighted by Gasteiger charge is -2.26. The van der Waals surface area contributed by atoms with E-state index in [4.69, 9.17) is 9.73 Å². The molecule has 0 aliphatic carbocycles. The van der Waals surface area contributed by atoms with Gasteiger partial charge in [0, 0.05) is 17.7 Å². The first-order chi connectivity index (χ1) is 14.4. The predicted molar refractivity (Wildman–Crippen MR) is 118 cm³/mol. The molecule has 1 fully saturated rings. The number of ether oxygens (including phenoxy) is 1. The number of nitrogens with zero attached hydrogens (tertiary/aromatic N) is 4. The van der Waals surface area contributed by atoms with Crippen molar-refractivity contribution >= 4 is 17.8 Å². The number of hydrogen-bond donors (Lipinski definition) is 0. The fraction of sp³-hybridized carbons (Fsp3) is 0.375. The Morgan fingerprint density at radius 3 is 2.72 bits per heavy atom. The van der Waals surface area contributed by atoms with Crippen LogP contribution in [0.3, 0.4) is 0 Å². The van der Waals surface area contributed by atoms with Crippen molar-refractivity contribution in [3.8, 4) is 5.75 Å².